The number of amides is 1. The molecule has 0 aliphatic heterocycles. The second kappa shape index (κ2) is 5.97. The summed E-state index contributed by atoms with van der Waals surface area (Å²) >= 11 is 5.65. The molecule has 7 nitrogen and oxygen atoms in total. The summed E-state index contributed by atoms with van der Waals surface area (Å²) in [5, 5.41) is 21.2. The van der Waals surface area contributed by atoms with Gasteiger partial charge < -0.3 is 10.4 Å². The van der Waals surface area contributed by atoms with Crippen LogP contribution in [0, 0.1) is 10.1 Å². The summed E-state index contributed by atoms with van der Waals surface area (Å²) in [6.07, 6.45) is -0.462. The first-order chi connectivity index (χ1) is 8.40. The first kappa shape index (κ1) is 13.9. The maximum atomic E-state index is 11.3. The van der Waals surface area contributed by atoms with Crippen molar-refractivity contribution in [3.8, 4) is 0 Å². The lowest BCUT2D eigenvalue weighted by Crippen LogP contribution is -2.13. The molecule has 2 N–H and O–H groups in total. The number of rotatable bonds is 5. The van der Waals surface area contributed by atoms with Gasteiger partial charge in [-0.3, -0.25) is 19.7 Å². The Morgan fingerprint density at radius 3 is 2.56 bits per heavy atom. The highest BCUT2D eigenvalue weighted by molar-refractivity contribution is 6.33. The van der Waals surface area contributed by atoms with E-state index >= 15 is 0 Å². The number of halogens is 1. The third-order valence-electron chi connectivity index (χ3n) is 1.99. The predicted molar refractivity (Wildman–Crippen MR) is 63.6 cm³/mol. The van der Waals surface area contributed by atoms with E-state index in [1.54, 1.807) is 0 Å². The maximum Gasteiger partial charge on any atom is 0.303 e. The van der Waals surface area contributed by atoms with Crippen molar-refractivity contribution in [1.82, 2.24) is 0 Å². The van der Waals surface area contributed by atoms with Crippen LogP contribution in [0.15, 0.2) is 18.2 Å². The lowest BCUT2D eigenvalue weighted by molar-refractivity contribution is -0.384. The zero-order chi connectivity index (χ0) is 13.7. The fraction of sp³-hybridized carbons (Fsp3) is 0.200. The number of carbonyl (C=O) groups excluding carboxylic acids is 1. The summed E-state index contributed by atoms with van der Waals surface area (Å²) < 4.78 is 0. The van der Waals surface area contributed by atoms with E-state index in [0.29, 0.717) is 0 Å². The van der Waals surface area contributed by atoms with Crippen molar-refractivity contribution < 1.29 is 19.6 Å². The summed E-state index contributed by atoms with van der Waals surface area (Å²) in [4.78, 5) is 31.4. The van der Waals surface area contributed by atoms with Gasteiger partial charge in [-0.05, 0) is 12.1 Å². The predicted octanol–water partition coefficient (Wildman–Crippen LogP) is 2.05. The van der Waals surface area contributed by atoms with Crippen molar-refractivity contribution in [2.75, 3.05) is 5.32 Å². The number of anilines is 1. The molecule has 1 amide bonds. The molecule has 0 aromatic heterocycles. The van der Waals surface area contributed by atoms with Gasteiger partial charge in [0, 0.05) is 18.2 Å². The van der Waals surface area contributed by atoms with Gasteiger partial charge >= 0.3 is 5.97 Å². The Bertz CT molecular complexity index is 503. The molecule has 0 heterocycles. The lowest BCUT2D eigenvalue weighted by Gasteiger charge is -2.04. The van der Waals surface area contributed by atoms with E-state index in [2.05, 4.69) is 5.32 Å². The van der Waals surface area contributed by atoms with E-state index in [0.717, 1.165) is 6.07 Å². The van der Waals surface area contributed by atoms with Crippen LogP contribution < -0.4 is 5.32 Å². The van der Waals surface area contributed by atoms with E-state index in [1.807, 2.05) is 0 Å². The Morgan fingerprint density at radius 1 is 1.39 bits per heavy atom. The molecule has 1 aromatic rings. The van der Waals surface area contributed by atoms with Crippen molar-refractivity contribution >= 4 is 34.9 Å². The van der Waals surface area contributed by atoms with Crippen LogP contribution in [-0.2, 0) is 9.59 Å². The van der Waals surface area contributed by atoms with Gasteiger partial charge in [0.1, 0.15) is 5.02 Å². The minimum Gasteiger partial charge on any atom is -0.481 e. The smallest absolute Gasteiger partial charge is 0.303 e. The maximum absolute atomic E-state index is 11.3. The van der Waals surface area contributed by atoms with Crippen LogP contribution in [0.5, 0.6) is 0 Å². The first-order valence-corrected chi connectivity index (χ1v) is 5.23. The van der Waals surface area contributed by atoms with Gasteiger partial charge in [-0.2, -0.15) is 0 Å². The number of hydrogen-bond acceptors (Lipinski definition) is 4. The molecule has 0 aliphatic rings. The molecule has 1 aromatic carbocycles. The molecule has 8 heteroatoms. The van der Waals surface area contributed by atoms with E-state index in [4.69, 9.17) is 16.7 Å². The molecule has 0 radical (unpaired) electrons. The number of aliphatic carboxylic acids is 1. The monoisotopic (exact) mass is 272 g/mol. The first-order valence-electron chi connectivity index (χ1n) is 4.85. The fourth-order valence-corrected chi connectivity index (χ4v) is 1.43. The molecule has 0 aliphatic carbocycles. The molecule has 0 bridgehead atoms. The minimum absolute atomic E-state index is 0.101. The molecule has 96 valence electrons. The second-order valence-electron chi connectivity index (χ2n) is 3.37. The molecule has 0 saturated heterocycles. The van der Waals surface area contributed by atoms with Crippen LogP contribution in [0.25, 0.3) is 0 Å². The molecule has 0 atom stereocenters. The van der Waals surface area contributed by atoms with Gasteiger partial charge in [0.15, 0.2) is 0 Å². The van der Waals surface area contributed by atoms with Gasteiger partial charge in [-0.25, -0.2) is 0 Å². The number of hydrogen-bond donors (Lipinski definition) is 2. The van der Waals surface area contributed by atoms with Crippen LogP contribution >= 0.6 is 11.6 Å². The zero-order valence-electron chi connectivity index (χ0n) is 9.05. The third-order valence-corrected chi connectivity index (χ3v) is 2.30. The minimum atomic E-state index is -1.08. The summed E-state index contributed by atoms with van der Waals surface area (Å²) in [5.41, 5.74) is 0.0150. The van der Waals surface area contributed by atoms with Crippen LogP contribution in [0.2, 0.25) is 5.02 Å². The van der Waals surface area contributed by atoms with Gasteiger partial charge in [0.2, 0.25) is 5.91 Å². The average Bonchev–Trinajstić information content (AvgIpc) is 2.26. The highest BCUT2D eigenvalue weighted by Crippen LogP contribution is 2.27. The molecule has 0 fully saturated rings. The number of benzene rings is 1. The Balaban J connectivity index is 2.69. The highest BCUT2D eigenvalue weighted by atomic mass is 35.5. The zero-order valence-corrected chi connectivity index (χ0v) is 9.81. The van der Waals surface area contributed by atoms with Crippen molar-refractivity contribution in [2.24, 2.45) is 0 Å². The number of carbonyl (C=O) groups is 2. The number of nitrogens with one attached hydrogen (secondary N) is 1. The van der Waals surface area contributed by atoms with Crippen molar-refractivity contribution in [1.29, 1.82) is 0 Å². The molecule has 1 rings (SSSR count). The molecule has 18 heavy (non-hydrogen) atoms. The SMILES string of the molecule is O=C(O)CCC(=O)Nc1ccc([N+](=O)[O-])c(Cl)c1. The largest absolute Gasteiger partial charge is 0.481 e. The highest BCUT2D eigenvalue weighted by Gasteiger charge is 2.13. The normalized spacial score (nSPS) is 9.83. The summed E-state index contributed by atoms with van der Waals surface area (Å²) in [5.74, 6) is -1.57. The second-order valence-corrected chi connectivity index (χ2v) is 3.77. The van der Waals surface area contributed by atoms with E-state index < -0.39 is 16.8 Å². The van der Waals surface area contributed by atoms with E-state index in [1.165, 1.54) is 12.1 Å². The average molecular weight is 273 g/mol. The van der Waals surface area contributed by atoms with Crippen molar-refractivity contribution in [3.05, 3.63) is 33.3 Å². The third kappa shape index (κ3) is 4.02. The van der Waals surface area contributed by atoms with E-state index in [9.17, 15) is 19.7 Å². The van der Waals surface area contributed by atoms with E-state index in [-0.39, 0.29) is 29.2 Å². The van der Waals surface area contributed by atoms with Crippen LogP contribution in [0.1, 0.15) is 12.8 Å². The van der Waals surface area contributed by atoms with Crippen LogP contribution in [0.4, 0.5) is 11.4 Å². The number of nitro benzene ring substituents is 1. The van der Waals surface area contributed by atoms with Crippen molar-refractivity contribution in [3.63, 3.8) is 0 Å². The molecule has 0 unspecified atom stereocenters. The van der Waals surface area contributed by atoms with Gasteiger partial charge in [-0.1, -0.05) is 11.6 Å². The Hall–Kier alpha value is -2.15. The summed E-state index contributed by atoms with van der Waals surface area (Å²) in [6, 6.07) is 3.72. The number of nitro groups is 1. The Labute approximate surface area is 107 Å². The number of carboxylic acids is 1. The fourth-order valence-electron chi connectivity index (χ4n) is 1.18. The van der Waals surface area contributed by atoms with Crippen LogP contribution in [0.3, 0.4) is 0 Å². The number of carboxylic acid groups (broad SMARTS) is 1. The van der Waals surface area contributed by atoms with Gasteiger partial charge in [-0.15, -0.1) is 0 Å². The van der Waals surface area contributed by atoms with Crippen molar-refractivity contribution in [2.45, 2.75) is 12.8 Å². The number of nitrogens with zero attached hydrogens (tertiary/aromatic N) is 1. The van der Waals surface area contributed by atoms with Crippen LogP contribution in [-0.4, -0.2) is 21.9 Å². The van der Waals surface area contributed by atoms with Gasteiger partial charge in [0.25, 0.3) is 5.69 Å². The molecule has 0 spiro atoms. The summed E-state index contributed by atoms with van der Waals surface area (Å²) in [7, 11) is 0. The topological polar surface area (TPSA) is 110 Å². The quantitative estimate of drug-likeness (QED) is 0.630. The lowest BCUT2D eigenvalue weighted by atomic mass is 10.2. The molecular weight excluding hydrogens is 264 g/mol. The molecular formula is C10H9ClN2O5. The summed E-state index contributed by atoms with van der Waals surface area (Å²) in [6.45, 7) is 0. The Kier molecular flexibility index (Phi) is 4.61. The van der Waals surface area contributed by atoms with Gasteiger partial charge in [0.05, 0.1) is 11.3 Å². The molecule has 0 saturated carbocycles. The standard InChI is InChI=1S/C10H9ClN2O5/c11-7-5-6(1-2-8(7)13(17)18)12-9(14)3-4-10(15)16/h1-2,5H,3-4H2,(H,12,14)(H,15,16). The Morgan fingerprint density at radius 2 is 2.06 bits per heavy atom.